The predicted octanol–water partition coefficient (Wildman–Crippen LogP) is -2.22. The Labute approximate surface area is 189 Å². The van der Waals surface area contributed by atoms with E-state index >= 15 is 0 Å². The largest absolute Gasteiger partial charge is 0.481 e. The first-order valence-electron chi connectivity index (χ1n) is 9.33. The van der Waals surface area contributed by atoms with E-state index in [0.717, 1.165) is 0 Å². The normalized spacial score (nSPS) is 15.6. The lowest BCUT2D eigenvalue weighted by Crippen LogP contribution is -2.58. The molecule has 3 amide bonds. The Morgan fingerprint density at radius 1 is 0.935 bits per heavy atom. The summed E-state index contributed by atoms with van der Waals surface area (Å²) in [5.41, 5.74) is 5.52. The summed E-state index contributed by atoms with van der Waals surface area (Å²) in [4.78, 5) is 59.3. The number of carbonyl (C=O) groups excluding carboxylic acids is 3. The Kier molecular flexibility index (Phi) is 13.9. The van der Waals surface area contributed by atoms with Gasteiger partial charge in [-0.25, -0.2) is 4.79 Å². The molecule has 0 rings (SSSR count). The third kappa shape index (κ3) is 11.2. The highest BCUT2D eigenvalue weighted by Crippen LogP contribution is 2.04. The Balaban J connectivity index is 5.26. The van der Waals surface area contributed by atoms with Crippen LogP contribution in [0.2, 0.25) is 0 Å². The van der Waals surface area contributed by atoms with Gasteiger partial charge in [-0.1, -0.05) is 0 Å². The molecule has 0 aromatic rings. The summed E-state index contributed by atoms with van der Waals surface area (Å²) in [5.74, 6) is -4.69. The number of rotatable bonds is 15. The van der Waals surface area contributed by atoms with E-state index in [-0.39, 0.29) is 18.6 Å². The molecule has 0 saturated heterocycles. The monoisotopic (exact) mass is 482 g/mol. The first kappa shape index (κ1) is 29.0. The number of nitrogens with two attached hydrogens (primary N) is 1. The van der Waals surface area contributed by atoms with Crippen LogP contribution in [0.4, 0.5) is 0 Å². The van der Waals surface area contributed by atoms with Gasteiger partial charge in [0.15, 0.2) is 0 Å². The first-order chi connectivity index (χ1) is 14.4. The molecule has 0 bridgehead atoms. The second-order valence-corrected chi connectivity index (χ2v) is 8.04. The molecule has 0 aliphatic heterocycles. The molecule has 0 radical (unpaired) electrons. The average Bonchev–Trinajstić information content (AvgIpc) is 2.70. The molecule has 0 aliphatic rings. The van der Waals surface area contributed by atoms with Crippen molar-refractivity contribution in [3.63, 3.8) is 0 Å². The van der Waals surface area contributed by atoms with Crippen molar-refractivity contribution in [1.29, 1.82) is 0 Å². The van der Waals surface area contributed by atoms with Gasteiger partial charge in [-0.15, -0.1) is 0 Å². The smallest absolute Gasteiger partial charge is 0.326 e. The van der Waals surface area contributed by atoms with Crippen molar-refractivity contribution in [2.75, 3.05) is 17.8 Å². The van der Waals surface area contributed by atoms with Gasteiger partial charge < -0.3 is 37.0 Å². The average molecular weight is 483 g/mol. The number of amides is 3. The molecule has 0 aromatic carbocycles. The lowest BCUT2D eigenvalue weighted by molar-refractivity contribution is -0.142. The first-order valence-corrected chi connectivity index (χ1v) is 11.4. The SMILES string of the molecule is CSCCC(NC(=O)C(CS)NC(=O)C(CCC(=O)O)NC(=O)C(N)C(C)O)C(=O)O. The fraction of sp³-hybridized carbons (Fsp3) is 0.706. The van der Waals surface area contributed by atoms with Gasteiger partial charge in [-0.05, 0) is 31.8 Å². The van der Waals surface area contributed by atoms with Gasteiger partial charge in [0.2, 0.25) is 17.7 Å². The van der Waals surface area contributed by atoms with Crippen molar-refractivity contribution in [2.24, 2.45) is 5.73 Å². The number of aliphatic hydroxyl groups is 1. The van der Waals surface area contributed by atoms with Crippen LogP contribution in [-0.4, -0.2) is 93.0 Å². The number of nitrogens with one attached hydrogen (secondary N) is 3. The number of thiol groups is 1. The fourth-order valence-electron chi connectivity index (χ4n) is 2.26. The van der Waals surface area contributed by atoms with Gasteiger partial charge in [0.05, 0.1) is 6.10 Å². The lowest BCUT2D eigenvalue weighted by atomic mass is 10.1. The number of aliphatic carboxylic acids is 2. The maximum absolute atomic E-state index is 12.6. The number of carboxylic acid groups (broad SMARTS) is 2. The zero-order chi connectivity index (χ0) is 24.1. The summed E-state index contributed by atoms with van der Waals surface area (Å²) in [6.45, 7) is 1.27. The predicted molar refractivity (Wildman–Crippen MR) is 117 cm³/mol. The lowest BCUT2D eigenvalue weighted by Gasteiger charge is -2.24. The minimum absolute atomic E-state index is 0.171. The molecule has 12 nitrogen and oxygen atoms in total. The van der Waals surface area contributed by atoms with Crippen molar-refractivity contribution in [2.45, 2.75) is 56.5 Å². The van der Waals surface area contributed by atoms with Gasteiger partial charge in [0, 0.05) is 12.2 Å². The second-order valence-electron chi connectivity index (χ2n) is 6.68. The van der Waals surface area contributed by atoms with Crippen molar-refractivity contribution in [1.82, 2.24) is 16.0 Å². The summed E-state index contributed by atoms with van der Waals surface area (Å²) in [6.07, 6.45) is -0.0219. The van der Waals surface area contributed by atoms with E-state index in [2.05, 4.69) is 28.6 Å². The Morgan fingerprint density at radius 3 is 1.90 bits per heavy atom. The van der Waals surface area contributed by atoms with Gasteiger partial charge in [-0.3, -0.25) is 19.2 Å². The van der Waals surface area contributed by atoms with Crippen LogP contribution in [0.1, 0.15) is 26.2 Å². The number of thioether (sulfide) groups is 1. The molecular formula is C17H30N4O8S2. The van der Waals surface area contributed by atoms with E-state index in [1.807, 2.05) is 0 Å². The van der Waals surface area contributed by atoms with Gasteiger partial charge in [-0.2, -0.15) is 24.4 Å². The van der Waals surface area contributed by atoms with Gasteiger partial charge in [0.1, 0.15) is 24.2 Å². The third-order valence-corrected chi connectivity index (χ3v) is 5.15. The molecule has 0 heterocycles. The Morgan fingerprint density at radius 2 is 1.45 bits per heavy atom. The topological polar surface area (TPSA) is 208 Å². The minimum Gasteiger partial charge on any atom is -0.481 e. The summed E-state index contributed by atoms with van der Waals surface area (Å²) in [7, 11) is 0. The third-order valence-electron chi connectivity index (χ3n) is 4.14. The molecule has 8 N–H and O–H groups in total. The second kappa shape index (κ2) is 14.9. The molecule has 5 atom stereocenters. The highest BCUT2D eigenvalue weighted by Gasteiger charge is 2.30. The zero-order valence-corrected chi connectivity index (χ0v) is 18.9. The quantitative estimate of drug-likeness (QED) is 0.118. The van der Waals surface area contributed by atoms with E-state index in [1.54, 1.807) is 6.26 Å². The van der Waals surface area contributed by atoms with Crippen LogP contribution in [-0.2, 0) is 24.0 Å². The molecule has 31 heavy (non-hydrogen) atoms. The van der Waals surface area contributed by atoms with E-state index in [0.29, 0.717) is 5.75 Å². The molecule has 5 unspecified atom stereocenters. The van der Waals surface area contributed by atoms with Gasteiger partial charge in [0.25, 0.3) is 0 Å². The Hall–Kier alpha value is -2.03. The number of carbonyl (C=O) groups is 5. The van der Waals surface area contributed by atoms with Crippen molar-refractivity contribution in [3.8, 4) is 0 Å². The summed E-state index contributed by atoms with van der Waals surface area (Å²) in [5, 5.41) is 34.4. The number of carboxylic acids is 2. The van der Waals surface area contributed by atoms with Crippen LogP contribution in [0.15, 0.2) is 0 Å². The molecule has 0 fully saturated rings. The van der Waals surface area contributed by atoms with Crippen LogP contribution in [0.5, 0.6) is 0 Å². The van der Waals surface area contributed by atoms with E-state index in [4.69, 9.17) is 10.8 Å². The highest BCUT2D eigenvalue weighted by molar-refractivity contribution is 7.98. The van der Waals surface area contributed by atoms with Gasteiger partial charge >= 0.3 is 11.9 Å². The minimum atomic E-state index is -1.35. The van der Waals surface area contributed by atoms with Crippen LogP contribution >= 0.6 is 24.4 Å². The number of aliphatic hydroxyl groups excluding tert-OH is 1. The summed E-state index contributed by atoms with van der Waals surface area (Å²) >= 11 is 5.40. The summed E-state index contributed by atoms with van der Waals surface area (Å²) < 4.78 is 0. The number of hydrogen-bond donors (Lipinski definition) is 8. The Bertz CT molecular complexity index is 650. The maximum atomic E-state index is 12.6. The van der Waals surface area contributed by atoms with E-state index in [9.17, 15) is 34.2 Å². The maximum Gasteiger partial charge on any atom is 0.326 e. The molecule has 0 spiro atoms. The van der Waals surface area contributed by atoms with Crippen molar-refractivity contribution in [3.05, 3.63) is 0 Å². The highest BCUT2D eigenvalue weighted by atomic mass is 32.2. The molecule has 178 valence electrons. The van der Waals surface area contributed by atoms with Crippen molar-refractivity contribution < 1.29 is 39.3 Å². The zero-order valence-electron chi connectivity index (χ0n) is 17.2. The summed E-state index contributed by atoms with van der Waals surface area (Å²) in [6, 6.07) is -5.10. The standard InChI is InChI=1S/C17H30N4O8S2/c1-8(22)13(18)16(27)19-9(3-4-12(23)24)14(25)21-11(7-30)15(26)20-10(17(28)29)5-6-31-2/h8-11,13,22,30H,3-7,18H2,1-2H3,(H,19,27)(H,20,26)(H,21,25)(H,23,24)(H,28,29). The molecule has 14 heteroatoms. The molecule has 0 saturated carbocycles. The molecule has 0 aliphatic carbocycles. The molecular weight excluding hydrogens is 452 g/mol. The van der Waals surface area contributed by atoms with Crippen LogP contribution < -0.4 is 21.7 Å². The fourth-order valence-corrected chi connectivity index (χ4v) is 2.98. The van der Waals surface area contributed by atoms with Crippen molar-refractivity contribution >= 4 is 54.1 Å². The van der Waals surface area contributed by atoms with Crippen LogP contribution in [0, 0.1) is 0 Å². The van der Waals surface area contributed by atoms with Crippen LogP contribution in [0.3, 0.4) is 0 Å². The van der Waals surface area contributed by atoms with E-state index < -0.39 is 66.4 Å². The van der Waals surface area contributed by atoms with Crippen LogP contribution in [0.25, 0.3) is 0 Å². The van der Waals surface area contributed by atoms with E-state index in [1.165, 1.54) is 18.7 Å². The molecule has 0 aromatic heterocycles. The number of hydrogen-bond acceptors (Lipinski definition) is 9.